The third kappa shape index (κ3) is 3.68. The monoisotopic (exact) mass is 272 g/mol. The van der Waals surface area contributed by atoms with E-state index in [1.165, 1.54) is 0 Å². The zero-order valence-corrected chi connectivity index (χ0v) is 9.42. The quantitative estimate of drug-likeness (QED) is 0.784. The smallest absolute Gasteiger partial charge is 0.329 e. The molecule has 3 N–H and O–H groups in total. The van der Waals surface area contributed by atoms with Gasteiger partial charge in [0, 0.05) is 13.1 Å². The fourth-order valence-corrected chi connectivity index (χ4v) is 2.50. The molecule has 10 heteroatoms. The maximum absolute atomic E-state index is 12.2. The molecule has 0 aliphatic heterocycles. The van der Waals surface area contributed by atoms with Crippen LogP contribution in [-0.4, -0.2) is 48.7 Å². The van der Waals surface area contributed by atoms with Crippen LogP contribution in [0.5, 0.6) is 0 Å². The maximum Gasteiger partial charge on any atom is 0.402 e. The molecule has 1 aromatic heterocycles. The van der Waals surface area contributed by atoms with Crippen molar-refractivity contribution in [1.82, 2.24) is 14.5 Å². The highest BCUT2D eigenvalue weighted by atomic mass is 32.2. The van der Waals surface area contributed by atoms with Gasteiger partial charge in [-0.3, -0.25) is 5.10 Å². The normalized spacial score (nSPS) is 13.2. The number of aromatic amines is 1. The minimum absolute atomic E-state index is 0.205. The van der Waals surface area contributed by atoms with E-state index in [4.69, 9.17) is 5.73 Å². The molecule has 0 radical (unpaired) electrons. The van der Waals surface area contributed by atoms with E-state index in [1.807, 2.05) is 0 Å². The van der Waals surface area contributed by atoms with E-state index >= 15 is 0 Å². The predicted molar refractivity (Wildman–Crippen MR) is 52.5 cm³/mol. The predicted octanol–water partition coefficient (Wildman–Crippen LogP) is -0.0786. The molecule has 0 saturated heterocycles. The lowest BCUT2D eigenvalue weighted by Gasteiger charge is -2.21. The first kappa shape index (κ1) is 13.9. The van der Waals surface area contributed by atoms with E-state index in [1.54, 1.807) is 0 Å². The molecular formula is C7H11F3N4O2S. The minimum atomic E-state index is -4.62. The molecule has 0 atom stereocenters. The Morgan fingerprint density at radius 2 is 2.12 bits per heavy atom. The van der Waals surface area contributed by atoms with E-state index in [2.05, 4.69) is 10.2 Å². The van der Waals surface area contributed by atoms with Gasteiger partial charge < -0.3 is 5.73 Å². The highest BCUT2D eigenvalue weighted by Crippen LogP contribution is 2.21. The minimum Gasteiger partial charge on any atom is -0.329 e. The lowest BCUT2D eigenvalue weighted by Crippen LogP contribution is -2.41. The molecule has 1 aromatic rings. The summed E-state index contributed by atoms with van der Waals surface area (Å²) in [5, 5.41) is 5.11. The molecule has 0 spiro atoms. The molecule has 0 bridgehead atoms. The number of sulfonamides is 1. The second-order valence-electron chi connectivity index (χ2n) is 3.16. The van der Waals surface area contributed by atoms with Crippen molar-refractivity contribution in [3.63, 3.8) is 0 Å². The van der Waals surface area contributed by atoms with Crippen molar-refractivity contribution >= 4 is 10.0 Å². The fraction of sp³-hybridized carbons (Fsp3) is 0.571. The van der Waals surface area contributed by atoms with Crippen molar-refractivity contribution in [2.24, 2.45) is 5.73 Å². The second-order valence-corrected chi connectivity index (χ2v) is 5.07. The van der Waals surface area contributed by atoms with Crippen molar-refractivity contribution < 1.29 is 21.6 Å². The Labute approximate surface area is 95.6 Å². The third-order valence-electron chi connectivity index (χ3n) is 1.83. The van der Waals surface area contributed by atoms with Gasteiger partial charge in [0.2, 0.25) is 0 Å². The van der Waals surface area contributed by atoms with Gasteiger partial charge in [-0.05, 0) is 6.07 Å². The molecule has 0 amide bonds. The molecule has 1 rings (SSSR count). The van der Waals surface area contributed by atoms with Gasteiger partial charge in [0.15, 0.2) is 5.03 Å². The summed E-state index contributed by atoms with van der Waals surface area (Å²) in [5.74, 6) is 0. The van der Waals surface area contributed by atoms with E-state index in [0.717, 1.165) is 12.3 Å². The molecule has 0 saturated carbocycles. The van der Waals surface area contributed by atoms with Crippen LogP contribution in [0.15, 0.2) is 17.3 Å². The Kier molecular flexibility index (Phi) is 4.11. The lowest BCUT2D eigenvalue weighted by molar-refractivity contribution is -0.136. The lowest BCUT2D eigenvalue weighted by atomic mass is 10.5. The Morgan fingerprint density at radius 3 is 2.53 bits per heavy atom. The summed E-state index contributed by atoms with van der Waals surface area (Å²) in [6.07, 6.45) is -3.48. The zero-order valence-electron chi connectivity index (χ0n) is 8.61. The average Bonchev–Trinajstić information content (AvgIpc) is 2.68. The molecule has 0 fully saturated rings. The molecule has 98 valence electrons. The number of nitrogens with zero attached hydrogens (tertiary/aromatic N) is 2. The van der Waals surface area contributed by atoms with Gasteiger partial charge in [0.05, 0.1) is 6.20 Å². The largest absolute Gasteiger partial charge is 0.402 e. The van der Waals surface area contributed by atoms with Crippen LogP contribution in [-0.2, 0) is 10.0 Å². The zero-order chi connectivity index (χ0) is 13.1. The number of halogens is 3. The van der Waals surface area contributed by atoms with E-state index in [0.29, 0.717) is 0 Å². The first-order chi connectivity index (χ1) is 7.77. The van der Waals surface area contributed by atoms with E-state index in [9.17, 15) is 21.6 Å². The number of nitrogens with one attached hydrogen (secondary N) is 1. The third-order valence-corrected chi connectivity index (χ3v) is 3.60. The molecule has 0 aromatic carbocycles. The van der Waals surface area contributed by atoms with Gasteiger partial charge in [-0.2, -0.15) is 22.6 Å². The summed E-state index contributed by atoms with van der Waals surface area (Å²) in [5.41, 5.74) is 5.10. The number of nitrogens with two attached hydrogens (primary N) is 1. The van der Waals surface area contributed by atoms with Gasteiger partial charge in [0.25, 0.3) is 10.0 Å². The molecule has 0 unspecified atom stereocenters. The van der Waals surface area contributed by atoms with Crippen molar-refractivity contribution in [2.45, 2.75) is 11.2 Å². The Balaban J connectivity index is 2.99. The molecule has 6 nitrogen and oxygen atoms in total. The van der Waals surface area contributed by atoms with Gasteiger partial charge in [0.1, 0.15) is 6.54 Å². The van der Waals surface area contributed by atoms with Crippen molar-refractivity contribution in [3.8, 4) is 0 Å². The first-order valence-corrected chi connectivity index (χ1v) is 5.98. The summed E-state index contributed by atoms with van der Waals surface area (Å²) >= 11 is 0. The van der Waals surface area contributed by atoms with Gasteiger partial charge >= 0.3 is 6.18 Å². The van der Waals surface area contributed by atoms with Crippen LogP contribution < -0.4 is 5.73 Å². The SMILES string of the molecule is NCCN(CC(F)(F)F)S(=O)(=O)c1ccn[nH]1. The standard InChI is InChI=1S/C7H11F3N4O2S/c8-7(9,10)5-14(4-2-11)17(15,16)6-1-3-12-13-6/h1,3H,2,4-5,11H2,(H,12,13). The second kappa shape index (κ2) is 5.02. The topological polar surface area (TPSA) is 92.1 Å². The van der Waals surface area contributed by atoms with Crippen LogP contribution in [0.1, 0.15) is 0 Å². The molecule has 1 heterocycles. The Bertz CT molecular complexity index is 442. The Morgan fingerprint density at radius 1 is 1.47 bits per heavy atom. The highest BCUT2D eigenvalue weighted by molar-refractivity contribution is 7.89. The van der Waals surface area contributed by atoms with E-state index < -0.39 is 34.3 Å². The molecule has 17 heavy (non-hydrogen) atoms. The first-order valence-electron chi connectivity index (χ1n) is 4.54. The average molecular weight is 272 g/mol. The summed E-state index contributed by atoms with van der Waals surface area (Å²) in [4.78, 5) is 0. The summed E-state index contributed by atoms with van der Waals surface area (Å²) in [7, 11) is -4.24. The van der Waals surface area contributed by atoms with Crippen LogP contribution in [0.4, 0.5) is 13.2 Å². The van der Waals surface area contributed by atoms with Gasteiger partial charge in [-0.1, -0.05) is 0 Å². The number of H-pyrrole nitrogens is 1. The van der Waals surface area contributed by atoms with Gasteiger partial charge in [-0.15, -0.1) is 0 Å². The highest BCUT2D eigenvalue weighted by Gasteiger charge is 2.37. The molecule has 0 aliphatic carbocycles. The summed E-state index contributed by atoms with van der Waals surface area (Å²) in [6, 6.07) is 1.08. The number of aromatic nitrogens is 2. The van der Waals surface area contributed by atoms with Crippen molar-refractivity contribution in [2.75, 3.05) is 19.6 Å². The summed E-state index contributed by atoms with van der Waals surface area (Å²) in [6.45, 7) is -2.20. The molecular weight excluding hydrogens is 261 g/mol. The molecule has 0 aliphatic rings. The van der Waals surface area contributed by atoms with Crippen LogP contribution in [0, 0.1) is 0 Å². The maximum atomic E-state index is 12.2. The van der Waals surface area contributed by atoms with Crippen LogP contribution in [0.2, 0.25) is 0 Å². The van der Waals surface area contributed by atoms with Crippen LogP contribution >= 0.6 is 0 Å². The van der Waals surface area contributed by atoms with Crippen LogP contribution in [0.3, 0.4) is 0 Å². The summed E-state index contributed by atoms with van der Waals surface area (Å²) < 4.78 is 60.5. The number of hydrogen-bond donors (Lipinski definition) is 2. The number of hydrogen-bond acceptors (Lipinski definition) is 4. The van der Waals surface area contributed by atoms with Crippen molar-refractivity contribution in [3.05, 3.63) is 12.3 Å². The van der Waals surface area contributed by atoms with Gasteiger partial charge in [-0.25, -0.2) is 8.42 Å². The number of rotatable bonds is 5. The fourth-order valence-electron chi connectivity index (χ4n) is 1.15. The van der Waals surface area contributed by atoms with E-state index in [-0.39, 0.29) is 10.8 Å². The van der Waals surface area contributed by atoms with Crippen LogP contribution in [0.25, 0.3) is 0 Å². The van der Waals surface area contributed by atoms with Crippen molar-refractivity contribution in [1.29, 1.82) is 0 Å². The Hall–Kier alpha value is -1.13. The number of alkyl halides is 3.